The molecule has 0 aliphatic carbocycles. The predicted octanol–water partition coefficient (Wildman–Crippen LogP) is 1.61. The van der Waals surface area contributed by atoms with Crippen LogP contribution in [0.2, 0.25) is 0 Å². The van der Waals surface area contributed by atoms with E-state index in [0.717, 1.165) is 35.4 Å². The zero-order valence-corrected chi connectivity index (χ0v) is 18.1. The predicted molar refractivity (Wildman–Crippen MR) is 112 cm³/mol. The molecule has 0 saturated carbocycles. The lowest BCUT2D eigenvalue weighted by atomic mass is 9.99. The maximum Gasteiger partial charge on any atom is 0.241 e. The van der Waals surface area contributed by atoms with Crippen LogP contribution in [0.4, 0.5) is 0 Å². The van der Waals surface area contributed by atoms with Crippen molar-refractivity contribution >= 4 is 21.6 Å². The number of fused-ring (bicyclic) bond motifs is 6. The number of amides is 1. The van der Waals surface area contributed by atoms with Gasteiger partial charge in [0.2, 0.25) is 15.9 Å². The first-order valence-electron chi connectivity index (χ1n) is 10.2. The first-order valence-corrected chi connectivity index (χ1v) is 11.6. The zero-order valence-electron chi connectivity index (χ0n) is 17.3. The normalized spacial score (nSPS) is 20.1. The number of nitrogens with zero attached hydrogens (tertiary/aromatic N) is 4. The number of sulfonamides is 1. The van der Waals surface area contributed by atoms with E-state index in [1.54, 1.807) is 12.1 Å². The molecule has 0 spiro atoms. The highest BCUT2D eigenvalue weighted by molar-refractivity contribution is 7.89. The summed E-state index contributed by atoms with van der Waals surface area (Å²) in [6.07, 6.45) is 4.23. The number of ether oxygens (including phenoxy) is 1. The first kappa shape index (κ1) is 20.0. The third-order valence-corrected chi connectivity index (χ3v) is 7.52. The van der Waals surface area contributed by atoms with Crippen LogP contribution in [0.15, 0.2) is 41.4 Å². The van der Waals surface area contributed by atoms with Crippen molar-refractivity contribution < 1.29 is 17.9 Å². The lowest BCUT2D eigenvalue weighted by Crippen LogP contribution is -2.47. The fourth-order valence-electron chi connectivity index (χ4n) is 4.67. The first-order chi connectivity index (χ1) is 14.9. The van der Waals surface area contributed by atoms with Gasteiger partial charge in [-0.25, -0.2) is 22.6 Å². The van der Waals surface area contributed by atoms with Gasteiger partial charge in [0.1, 0.15) is 5.75 Å². The van der Waals surface area contributed by atoms with Crippen molar-refractivity contribution in [1.29, 1.82) is 0 Å². The van der Waals surface area contributed by atoms with Gasteiger partial charge in [-0.1, -0.05) is 0 Å². The number of carbonyl (C=O) groups excluding carboxylic acids is 1. The molecule has 2 aliphatic heterocycles. The maximum absolute atomic E-state index is 13.1. The van der Waals surface area contributed by atoms with E-state index in [1.807, 2.05) is 28.6 Å². The van der Waals surface area contributed by atoms with E-state index in [9.17, 15) is 13.2 Å². The lowest BCUT2D eigenvalue weighted by Gasteiger charge is -2.36. The largest absolute Gasteiger partial charge is 0.497 e. The molecule has 1 fully saturated rings. The Labute approximate surface area is 180 Å². The Kier molecular flexibility index (Phi) is 4.71. The van der Waals surface area contributed by atoms with E-state index in [2.05, 4.69) is 14.8 Å². The number of rotatable bonds is 5. The van der Waals surface area contributed by atoms with Gasteiger partial charge in [-0.15, -0.1) is 0 Å². The molecule has 31 heavy (non-hydrogen) atoms. The van der Waals surface area contributed by atoms with E-state index in [1.165, 1.54) is 19.2 Å². The van der Waals surface area contributed by atoms with Gasteiger partial charge in [-0.05, 0) is 44.0 Å². The van der Waals surface area contributed by atoms with Gasteiger partial charge in [0.15, 0.2) is 5.65 Å². The van der Waals surface area contributed by atoms with Crippen LogP contribution in [0.5, 0.6) is 5.75 Å². The fourth-order valence-corrected chi connectivity index (χ4v) is 5.64. The molecular weight excluding hydrogens is 418 g/mol. The minimum absolute atomic E-state index is 0.0330. The Balaban J connectivity index is 1.35. The molecule has 4 heterocycles. The number of hydrogen-bond acceptors (Lipinski definition) is 6. The lowest BCUT2D eigenvalue weighted by molar-refractivity contribution is -0.133. The monoisotopic (exact) mass is 441 g/mol. The molecule has 2 atom stereocenters. The molecule has 1 N–H and O–H groups in total. The van der Waals surface area contributed by atoms with Crippen molar-refractivity contribution in [2.24, 2.45) is 0 Å². The molecule has 2 aliphatic rings. The van der Waals surface area contributed by atoms with Gasteiger partial charge in [-0.3, -0.25) is 4.79 Å². The fraction of sp³-hybridized carbons (Fsp3) is 0.381. The summed E-state index contributed by atoms with van der Waals surface area (Å²) in [6, 6.07) is 7.92. The summed E-state index contributed by atoms with van der Waals surface area (Å²) < 4.78 is 34.6. The number of benzene rings is 1. The Morgan fingerprint density at radius 2 is 2.03 bits per heavy atom. The third-order valence-electron chi connectivity index (χ3n) is 6.10. The molecule has 2 aromatic heterocycles. The Bertz CT molecular complexity index is 1270. The smallest absolute Gasteiger partial charge is 0.241 e. The highest BCUT2D eigenvalue weighted by Gasteiger charge is 2.43. The van der Waals surface area contributed by atoms with Crippen molar-refractivity contribution in [2.45, 2.75) is 43.2 Å². The van der Waals surface area contributed by atoms with E-state index in [0.29, 0.717) is 12.2 Å². The van der Waals surface area contributed by atoms with Gasteiger partial charge in [0.05, 0.1) is 36.0 Å². The van der Waals surface area contributed by atoms with Gasteiger partial charge < -0.3 is 9.64 Å². The van der Waals surface area contributed by atoms with Gasteiger partial charge >= 0.3 is 0 Å². The molecule has 5 rings (SSSR count). The van der Waals surface area contributed by atoms with E-state index in [4.69, 9.17) is 4.74 Å². The number of aryl methyl sites for hydroxylation is 1. The standard InChI is InChI=1S/C21H23N5O4S/c1-13-9-20-22-11-17-18-8-3-14(10-19(17)26(20)24-13)25(18)21(27)12-23-31(28,29)16-6-4-15(30-2)5-7-16/h4-7,9,11,14,18,23H,3,8,10,12H2,1-2H3/t14-,18-/m1/s1. The van der Waals surface area contributed by atoms with Crippen molar-refractivity contribution in [2.75, 3.05) is 13.7 Å². The highest BCUT2D eigenvalue weighted by Crippen LogP contribution is 2.43. The summed E-state index contributed by atoms with van der Waals surface area (Å²) in [4.78, 5) is 19.5. The Hall–Kier alpha value is -2.98. The minimum Gasteiger partial charge on any atom is -0.497 e. The second-order valence-corrected chi connectivity index (χ2v) is 9.74. The number of aromatic nitrogens is 3. The molecule has 0 radical (unpaired) electrons. The Morgan fingerprint density at radius 1 is 1.26 bits per heavy atom. The summed E-state index contributed by atoms with van der Waals surface area (Å²) in [6.45, 7) is 1.65. The SMILES string of the molecule is COc1ccc(S(=O)(=O)NCC(=O)N2[C@@H]3CC[C@@H]2c2cnc4cc(C)nn4c2C3)cc1. The van der Waals surface area contributed by atoms with E-state index in [-0.39, 0.29) is 29.4 Å². The van der Waals surface area contributed by atoms with Crippen molar-refractivity contribution in [3.63, 3.8) is 0 Å². The van der Waals surface area contributed by atoms with Crippen LogP contribution in [0.1, 0.15) is 35.8 Å². The van der Waals surface area contributed by atoms with Crippen LogP contribution in [-0.2, 0) is 21.2 Å². The molecule has 0 unspecified atom stereocenters. The van der Waals surface area contributed by atoms with E-state index >= 15 is 0 Å². The molecule has 1 saturated heterocycles. The molecule has 162 valence electrons. The van der Waals surface area contributed by atoms with Crippen molar-refractivity contribution in [3.05, 3.63) is 53.5 Å². The molecule has 1 aromatic carbocycles. The zero-order chi connectivity index (χ0) is 21.8. The summed E-state index contributed by atoms with van der Waals surface area (Å²) >= 11 is 0. The van der Waals surface area contributed by atoms with Crippen LogP contribution >= 0.6 is 0 Å². The van der Waals surface area contributed by atoms with Crippen LogP contribution in [0.25, 0.3) is 5.65 Å². The van der Waals surface area contributed by atoms with Gasteiger partial charge in [0, 0.05) is 30.3 Å². The van der Waals surface area contributed by atoms with Crippen LogP contribution < -0.4 is 9.46 Å². The topological polar surface area (TPSA) is 106 Å². The van der Waals surface area contributed by atoms with E-state index < -0.39 is 10.0 Å². The quantitative estimate of drug-likeness (QED) is 0.645. The average molecular weight is 442 g/mol. The summed E-state index contributed by atoms with van der Waals surface area (Å²) in [5.41, 5.74) is 3.80. The van der Waals surface area contributed by atoms with Crippen LogP contribution in [-0.4, -0.2) is 53.5 Å². The number of methoxy groups -OCH3 is 1. The maximum atomic E-state index is 13.1. The molecule has 2 bridgehead atoms. The molecule has 1 amide bonds. The minimum atomic E-state index is -3.80. The number of hydrogen-bond donors (Lipinski definition) is 1. The second kappa shape index (κ2) is 7.31. The van der Waals surface area contributed by atoms with Crippen LogP contribution in [0, 0.1) is 6.92 Å². The third kappa shape index (κ3) is 3.35. The van der Waals surface area contributed by atoms with Crippen molar-refractivity contribution in [3.8, 4) is 5.75 Å². The molecule has 3 aromatic rings. The summed E-state index contributed by atoms with van der Waals surface area (Å²) in [5, 5.41) is 4.56. The number of carbonyl (C=O) groups is 1. The molecular formula is C21H23N5O4S. The number of nitrogens with one attached hydrogen (secondary N) is 1. The van der Waals surface area contributed by atoms with Crippen LogP contribution in [0.3, 0.4) is 0 Å². The molecule has 10 heteroatoms. The van der Waals surface area contributed by atoms with Gasteiger partial charge in [-0.2, -0.15) is 5.10 Å². The summed E-state index contributed by atoms with van der Waals surface area (Å²) in [5.74, 6) is 0.334. The second-order valence-electron chi connectivity index (χ2n) is 7.97. The van der Waals surface area contributed by atoms with Gasteiger partial charge in [0.25, 0.3) is 0 Å². The molecule has 9 nitrogen and oxygen atoms in total. The average Bonchev–Trinajstić information content (AvgIpc) is 3.30. The van der Waals surface area contributed by atoms with Crippen molar-refractivity contribution in [1.82, 2.24) is 24.2 Å². The summed E-state index contributed by atoms with van der Waals surface area (Å²) in [7, 11) is -2.29. The highest BCUT2D eigenvalue weighted by atomic mass is 32.2. The Morgan fingerprint density at radius 3 is 2.77 bits per heavy atom.